The van der Waals surface area contributed by atoms with Crippen molar-refractivity contribution in [2.75, 3.05) is 0 Å². The molecule has 2 rings (SSSR count). The predicted octanol–water partition coefficient (Wildman–Crippen LogP) is 4.26. The van der Waals surface area contributed by atoms with Crippen LogP contribution in [0.4, 0.5) is 13.2 Å². The summed E-state index contributed by atoms with van der Waals surface area (Å²) in [4.78, 5) is 0. The van der Waals surface area contributed by atoms with E-state index in [1.54, 1.807) is 25.1 Å². The fourth-order valence-electron chi connectivity index (χ4n) is 1.84. The van der Waals surface area contributed by atoms with Crippen LogP contribution in [-0.2, 0) is 0 Å². The summed E-state index contributed by atoms with van der Waals surface area (Å²) in [6, 6.07) is 6.88. The van der Waals surface area contributed by atoms with Gasteiger partial charge in [-0.3, -0.25) is 0 Å². The average Bonchev–Trinajstić information content (AvgIpc) is 2.39. The standard InChI is InChI=1S/C14H10BrF3O/c1-7-8(3-2-4-10(7)15)14(19)9-5-6-11(16)13(18)12(9)17/h2-6,14,19H,1H3. The zero-order valence-electron chi connectivity index (χ0n) is 9.92. The summed E-state index contributed by atoms with van der Waals surface area (Å²) in [6.45, 7) is 1.74. The molecular formula is C14H10BrF3O. The Balaban J connectivity index is 2.53. The van der Waals surface area contributed by atoms with Crippen molar-refractivity contribution in [2.24, 2.45) is 0 Å². The minimum absolute atomic E-state index is 0.292. The molecule has 2 aromatic carbocycles. The number of benzene rings is 2. The lowest BCUT2D eigenvalue weighted by atomic mass is 9.97. The summed E-state index contributed by atoms with van der Waals surface area (Å²) in [7, 11) is 0. The summed E-state index contributed by atoms with van der Waals surface area (Å²) in [5, 5.41) is 10.1. The number of hydrogen-bond donors (Lipinski definition) is 1. The summed E-state index contributed by atoms with van der Waals surface area (Å²) < 4.78 is 40.4. The van der Waals surface area contributed by atoms with Crippen molar-refractivity contribution in [1.29, 1.82) is 0 Å². The molecule has 100 valence electrons. The van der Waals surface area contributed by atoms with Gasteiger partial charge in [-0.2, -0.15) is 0 Å². The van der Waals surface area contributed by atoms with Gasteiger partial charge in [0.2, 0.25) is 0 Å². The molecule has 1 nitrogen and oxygen atoms in total. The highest BCUT2D eigenvalue weighted by Crippen LogP contribution is 2.31. The number of rotatable bonds is 2. The van der Waals surface area contributed by atoms with Gasteiger partial charge in [-0.25, -0.2) is 13.2 Å². The first-order valence-electron chi connectivity index (χ1n) is 5.50. The topological polar surface area (TPSA) is 20.2 Å². The molecule has 1 unspecified atom stereocenters. The molecule has 0 heterocycles. The van der Waals surface area contributed by atoms with Crippen LogP contribution in [0.5, 0.6) is 0 Å². The second kappa shape index (κ2) is 5.35. The van der Waals surface area contributed by atoms with E-state index in [0.29, 0.717) is 11.1 Å². The molecule has 0 saturated carbocycles. The van der Waals surface area contributed by atoms with E-state index in [1.807, 2.05) is 0 Å². The first-order valence-corrected chi connectivity index (χ1v) is 6.29. The molecule has 0 aliphatic carbocycles. The quantitative estimate of drug-likeness (QED) is 0.816. The van der Waals surface area contributed by atoms with E-state index in [-0.39, 0.29) is 5.56 Å². The van der Waals surface area contributed by atoms with Crippen LogP contribution in [0, 0.1) is 24.4 Å². The summed E-state index contributed by atoms with van der Waals surface area (Å²) in [5.41, 5.74) is 0.846. The van der Waals surface area contributed by atoms with Gasteiger partial charge in [-0.1, -0.05) is 34.1 Å². The van der Waals surface area contributed by atoms with Crippen LogP contribution in [0.3, 0.4) is 0 Å². The van der Waals surface area contributed by atoms with Crippen molar-refractivity contribution in [1.82, 2.24) is 0 Å². The molecule has 0 fully saturated rings. The van der Waals surface area contributed by atoms with E-state index in [9.17, 15) is 18.3 Å². The molecule has 0 aliphatic rings. The van der Waals surface area contributed by atoms with Crippen LogP contribution in [0.1, 0.15) is 22.8 Å². The largest absolute Gasteiger partial charge is 0.384 e. The third-order valence-corrected chi connectivity index (χ3v) is 3.82. The molecule has 0 aliphatic heterocycles. The summed E-state index contributed by atoms with van der Waals surface area (Å²) >= 11 is 3.29. The monoisotopic (exact) mass is 330 g/mol. The second-order valence-corrected chi connectivity index (χ2v) is 4.98. The third kappa shape index (κ3) is 2.53. The summed E-state index contributed by atoms with van der Waals surface area (Å²) in [6.07, 6.45) is -1.35. The van der Waals surface area contributed by atoms with Crippen molar-refractivity contribution in [3.05, 3.63) is 68.9 Å². The van der Waals surface area contributed by atoms with Gasteiger partial charge in [0.15, 0.2) is 17.5 Å². The molecule has 2 aromatic rings. The van der Waals surface area contributed by atoms with E-state index >= 15 is 0 Å². The van der Waals surface area contributed by atoms with Crippen molar-refractivity contribution in [2.45, 2.75) is 13.0 Å². The van der Waals surface area contributed by atoms with Crippen molar-refractivity contribution < 1.29 is 18.3 Å². The maximum Gasteiger partial charge on any atom is 0.194 e. The zero-order chi connectivity index (χ0) is 14.2. The lowest BCUT2D eigenvalue weighted by Crippen LogP contribution is -2.07. The number of aliphatic hydroxyl groups excluding tert-OH is 1. The van der Waals surface area contributed by atoms with Gasteiger partial charge >= 0.3 is 0 Å². The molecule has 0 radical (unpaired) electrons. The zero-order valence-corrected chi connectivity index (χ0v) is 11.5. The molecule has 0 bridgehead atoms. The SMILES string of the molecule is Cc1c(Br)cccc1C(O)c1ccc(F)c(F)c1F. The predicted molar refractivity (Wildman–Crippen MR) is 69.3 cm³/mol. The maximum absolute atomic E-state index is 13.6. The first kappa shape index (κ1) is 14.1. The van der Waals surface area contributed by atoms with Gasteiger partial charge in [0.1, 0.15) is 6.10 Å². The lowest BCUT2D eigenvalue weighted by molar-refractivity contribution is 0.212. The van der Waals surface area contributed by atoms with Crippen molar-refractivity contribution in [3.63, 3.8) is 0 Å². The highest BCUT2D eigenvalue weighted by Gasteiger charge is 2.21. The molecule has 1 atom stereocenters. The molecule has 19 heavy (non-hydrogen) atoms. The molecule has 0 spiro atoms. The normalized spacial score (nSPS) is 12.5. The van der Waals surface area contributed by atoms with E-state index in [4.69, 9.17) is 0 Å². The molecule has 1 N–H and O–H groups in total. The third-order valence-electron chi connectivity index (χ3n) is 2.96. The highest BCUT2D eigenvalue weighted by molar-refractivity contribution is 9.10. The number of aliphatic hydroxyl groups is 1. The summed E-state index contributed by atoms with van der Waals surface area (Å²) in [5.74, 6) is -4.23. The van der Waals surface area contributed by atoms with E-state index in [0.717, 1.165) is 16.6 Å². The lowest BCUT2D eigenvalue weighted by Gasteiger charge is -2.16. The first-order chi connectivity index (χ1) is 8.93. The van der Waals surface area contributed by atoms with Gasteiger partial charge in [0, 0.05) is 10.0 Å². The van der Waals surface area contributed by atoms with Crippen LogP contribution >= 0.6 is 15.9 Å². The van der Waals surface area contributed by atoms with Crippen molar-refractivity contribution >= 4 is 15.9 Å². The van der Waals surface area contributed by atoms with Crippen LogP contribution in [-0.4, -0.2) is 5.11 Å². The Morgan fingerprint density at radius 1 is 1.00 bits per heavy atom. The Morgan fingerprint density at radius 3 is 2.37 bits per heavy atom. The fourth-order valence-corrected chi connectivity index (χ4v) is 2.22. The van der Waals surface area contributed by atoms with Crippen LogP contribution in [0.25, 0.3) is 0 Å². The van der Waals surface area contributed by atoms with Gasteiger partial charge in [-0.15, -0.1) is 0 Å². The van der Waals surface area contributed by atoms with Gasteiger partial charge < -0.3 is 5.11 Å². The Hall–Kier alpha value is -1.33. The molecule has 0 saturated heterocycles. The minimum Gasteiger partial charge on any atom is -0.384 e. The number of hydrogen-bond acceptors (Lipinski definition) is 1. The van der Waals surface area contributed by atoms with Crippen molar-refractivity contribution in [3.8, 4) is 0 Å². The number of halogens is 4. The molecule has 0 aromatic heterocycles. The van der Waals surface area contributed by atoms with Crippen LogP contribution in [0.2, 0.25) is 0 Å². The highest BCUT2D eigenvalue weighted by atomic mass is 79.9. The van der Waals surface area contributed by atoms with Gasteiger partial charge in [0.25, 0.3) is 0 Å². The molecule has 0 amide bonds. The average molecular weight is 331 g/mol. The van der Waals surface area contributed by atoms with Gasteiger partial charge in [0.05, 0.1) is 0 Å². The molecule has 5 heteroatoms. The van der Waals surface area contributed by atoms with Crippen LogP contribution in [0.15, 0.2) is 34.8 Å². The van der Waals surface area contributed by atoms with Gasteiger partial charge in [-0.05, 0) is 30.2 Å². The molecular weight excluding hydrogens is 321 g/mol. The minimum atomic E-state index is -1.58. The smallest absolute Gasteiger partial charge is 0.194 e. The Bertz CT molecular complexity index is 628. The fraction of sp³-hybridized carbons (Fsp3) is 0.143. The second-order valence-electron chi connectivity index (χ2n) is 4.12. The Morgan fingerprint density at radius 2 is 1.68 bits per heavy atom. The Kier molecular flexibility index (Phi) is 3.96. The Labute approximate surface area is 116 Å². The van der Waals surface area contributed by atoms with E-state index in [2.05, 4.69) is 15.9 Å². The maximum atomic E-state index is 13.6. The van der Waals surface area contributed by atoms with E-state index < -0.39 is 23.6 Å². The van der Waals surface area contributed by atoms with E-state index in [1.165, 1.54) is 0 Å². The van der Waals surface area contributed by atoms with Crippen LogP contribution < -0.4 is 0 Å².